The molecule has 1 aliphatic heterocycles. The second-order valence-electron chi connectivity index (χ2n) is 5.92. The van der Waals surface area contributed by atoms with Crippen molar-refractivity contribution in [3.05, 3.63) is 54.6 Å². The van der Waals surface area contributed by atoms with Crippen molar-refractivity contribution < 1.29 is 14.3 Å². The molecule has 7 nitrogen and oxygen atoms in total. The van der Waals surface area contributed by atoms with Gasteiger partial charge in [0.25, 0.3) is 0 Å². The molecule has 0 spiro atoms. The van der Waals surface area contributed by atoms with Crippen LogP contribution in [0.3, 0.4) is 0 Å². The highest BCUT2D eigenvalue weighted by atomic mass is 32.2. The van der Waals surface area contributed by atoms with E-state index < -0.39 is 0 Å². The van der Waals surface area contributed by atoms with Gasteiger partial charge in [-0.05, 0) is 12.1 Å². The lowest BCUT2D eigenvalue weighted by Gasteiger charge is -2.26. The molecule has 0 aliphatic carbocycles. The van der Waals surface area contributed by atoms with Crippen molar-refractivity contribution >= 4 is 17.7 Å². The smallest absolute Gasteiger partial charge is 0.230 e. The van der Waals surface area contributed by atoms with Crippen molar-refractivity contribution in [1.29, 1.82) is 0 Å². The maximum absolute atomic E-state index is 12.1. The van der Waals surface area contributed by atoms with Gasteiger partial charge in [-0.1, -0.05) is 54.2 Å². The fourth-order valence-corrected chi connectivity index (χ4v) is 3.24. The average Bonchev–Trinajstić information content (AvgIpc) is 3.20. The van der Waals surface area contributed by atoms with Gasteiger partial charge in [0.05, 0.1) is 12.3 Å². The number of hydrogen-bond acceptors (Lipinski definition) is 6. The summed E-state index contributed by atoms with van der Waals surface area (Å²) in [6.45, 7) is 0.794. The van der Waals surface area contributed by atoms with E-state index in [9.17, 15) is 4.79 Å². The highest BCUT2D eigenvalue weighted by Gasteiger charge is 2.21. The molecule has 3 aromatic rings. The van der Waals surface area contributed by atoms with Gasteiger partial charge in [0.1, 0.15) is 12.7 Å². The van der Waals surface area contributed by atoms with Crippen molar-refractivity contribution in [2.45, 2.75) is 11.3 Å². The van der Waals surface area contributed by atoms with Crippen LogP contribution in [0.5, 0.6) is 11.5 Å². The van der Waals surface area contributed by atoms with Crippen LogP contribution in [0.25, 0.3) is 11.4 Å². The molecule has 1 amide bonds. The summed E-state index contributed by atoms with van der Waals surface area (Å²) in [6, 6.07) is 17.2. The summed E-state index contributed by atoms with van der Waals surface area (Å²) in [7, 11) is 0. The molecule has 4 rings (SSSR count). The summed E-state index contributed by atoms with van der Waals surface area (Å²) < 4.78 is 11.5. The number of aromatic nitrogens is 3. The summed E-state index contributed by atoms with van der Waals surface area (Å²) in [6.07, 6.45) is -0.206. The highest BCUT2D eigenvalue weighted by Crippen LogP contribution is 2.30. The summed E-state index contributed by atoms with van der Waals surface area (Å²) >= 11 is 1.28. The van der Waals surface area contributed by atoms with E-state index in [0.29, 0.717) is 29.9 Å². The van der Waals surface area contributed by atoms with Gasteiger partial charge < -0.3 is 14.8 Å². The predicted molar refractivity (Wildman–Crippen MR) is 102 cm³/mol. The number of aromatic amines is 1. The molecule has 0 radical (unpaired) electrons. The monoisotopic (exact) mass is 382 g/mol. The molecule has 0 fully saturated rings. The molecule has 0 saturated carbocycles. The Labute approximate surface area is 160 Å². The molecule has 0 bridgehead atoms. The number of fused-ring (bicyclic) bond motifs is 1. The third-order valence-corrected chi connectivity index (χ3v) is 4.79. The van der Waals surface area contributed by atoms with Gasteiger partial charge >= 0.3 is 0 Å². The van der Waals surface area contributed by atoms with E-state index >= 15 is 0 Å². The van der Waals surface area contributed by atoms with Crippen LogP contribution in [0.2, 0.25) is 0 Å². The fourth-order valence-electron chi connectivity index (χ4n) is 2.61. The minimum atomic E-state index is -0.206. The predicted octanol–water partition coefficient (Wildman–Crippen LogP) is 2.52. The van der Waals surface area contributed by atoms with Gasteiger partial charge in [0, 0.05) is 5.56 Å². The van der Waals surface area contributed by atoms with Gasteiger partial charge in [-0.3, -0.25) is 9.89 Å². The number of nitrogens with one attached hydrogen (secondary N) is 2. The van der Waals surface area contributed by atoms with E-state index in [4.69, 9.17) is 9.47 Å². The van der Waals surface area contributed by atoms with Crippen molar-refractivity contribution in [3.63, 3.8) is 0 Å². The number of amides is 1. The topological polar surface area (TPSA) is 89.1 Å². The number of H-pyrrole nitrogens is 1. The molecule has 0 saturated heterocycles. The van der Waals surface area contributed by atoms with Crippen LogP contribution < -0.4 is 14.8 Å². The van der Waals surface area contributed by atoms with Crippen LogP contribution in [0.1, 0.15) is 0 Å². The van der Waals surface area contributed by atoms with Crippen molar-refractivity contribution in [2.24, 2.45) is 0 Å². The molecule has 1 aromatic heterocycles. The van der Waals surface area contributed by atoms with E-state index in [1.165, 1.54) is 11.8 Å². The number of benzene rings is 2. The molecule has 1 atom stereocenters. The first-order valence-electron chi connectivity index (χ1n) is 8.54. The normalized spacial score (nSPS) is 15.3. The Hall–Kier alpha value is -3.00. The number of ether oxygens (including phenoxy) is 2. The largest absolute Gasteiger partial charge is 0.486 e. The lowest BCUT2D eigenvalue weighted by atomic mass is 10.2. The Morgan fingerprint density at radius 1 is 1.15 bits per heavy atom. The number of carbonyl (C=O) groups excluding carboxylic acids is 1. The standard InChI is InChI=1S/C19H18N4O3S/c24-17(20-10-14-11-25-15-8-4-5-9-16(15)26-14)12-27-19-21-18(22-23-19)13-6-2-1-3-7-13/h1-9,14H,10-12H2,(H,20,24)(H,21,22,23)/t14-/m1/s1. The molecular weight excluding hydrogens is 364 g/mol. The number of para-hydroxylation sites is 2. The van der Waals surface area contributed by atoms with Gasteiger partial charge in [-0.15, -0.1) is 5.10 Å². The first-order chi connectivity index (χ1) is 13.3. The SMILES string of the molecule is O=C(CSc1n[nH]c(-c2ccccc2)n1)NC[C@@H]1COc2ccccc2O1. The maximum Gasteiger partial charge on any atom is 0.230 e. The minimum absolute atomic E-state index is 0.103. The van der Waals surface area contributed by atoms with Crippen molar-refractivity contribution in [2.75, 3.05) is 18.9 Å². The molecule has 138 valence electrons. The fraction of sp³-hybridized carbons (Fsp3) is 0.211. The molecule has 0 unspecified atom stereocenters. The first kappa shape index (κ1) is 17.4. The van der Waals surface area contributed by atoms with Crippen LogP contribution in [0.15, 0.2) is 59.8 Å². The zero-order valence-electron chi connectivity index (χ0n) is 14.4. The molecule has 2 aromatic carbocycles. The maximum atomic E-state index is 12.1. The van der Waals surface area contributed by atoms with Crippen LogP contribution in [0.4, 0.5) is 0 Å². The zero-order valence-corrected chi connectivity index (χ0v) is 15.2. The Morgan fingerprint density at radius 3 is 2.78 bits per heavy atom. The van der Waals surface area contributed by atoms with Gasteiger partial charge in [-0.25, -0.2) is 4.98 Å². The number of rotatable bonds is 6. The van der Waals surface area contributed by atoms with Crippen LogP contribution in [-0.4, -0.2) is 46.1 Å². The Kier molecular flexibility index (Phi) is 5.24. The number of nitrogens with zero attached hydrogens (tertiary/aromatic N) is 2. The third-order valence-electron chi connectivity index (χ3n) is 3.94. The van der Waals surface area contributed by atoms with Crippen molar-refractivity contribution in [3.8, 4) is 22.9 Å². The highest BCUT2D eigenvalue weighted by molar-refractivity contribution is 7.99. The minimum Gasteiger partial charge on any atom is -0.486 e. The quantitative estimate of drug-likeness (QED) is 0.637. The molecule has 1 aliphatic rings. The van der Waals surface area contributed by atoms with E-state index in [1.54, 1.807) is 0 Å². The summed E-state index contributed by atoms with van der Waals surface area (Å²) in [4.78, 5) is 16.5. The van der Waals surface area contributed by atoms with Crippen LogP contribution >= 0.6 is 11.8 Å². The summed E-state index contributed by atoms with van der Waals surface area (Å²) in [5.41, 5.74) is 0.955. The van der Waals surface area contributed by atoms with Gasteiger partial charge in [0.15, 0.2) is 17.3 Å². The van der Waals surface area contributed by atoms with Gasteiger partial charge in [0.2, 0.25) is 11.1 Å². The van der Waals surface area contributed by atoms with E-state index in [-0.39, 0.29) is 17.8 Å². The lowest BCUT2D eigenvalue weighted by molar-refractivity contribution is -0.119. The Morgan fingerprint density at radius 2 is 1.93 bits per heavy atom. The molecule has 2 N–H and O–H groups in total. The number of hydrogen-bond donors (Lipinski definition) is 2. The van der Waals surface area contributed by atoms with Gasteiger partial charge in [-0.2, -0.15) is 0 Å². The second kappa shape index (κ2) is 8.13. The zero-order chi connectivity index (χ0) is 18.5. The van der Waals surface area contributed by atoms with Crippen molar-refractivity contribution in [1.82, 2.24) is 20.5 Å². The van der Waals surface area contributed by atoms with E-state index in [2.05, 4.69) is 20.5 Å². The van der Waals surface area contributed by atoms with E-state index in [0.717, 1.165) is 11.3 Å². The molecule has 27 heavy (non-hydrogen) atoms. The van der Waals surface area contributed by atoms with E-state index in [1.807, 2.05) is 54.6 Å². The van der Waals surface area contributed by atoms with Crippen LogP contribution in [0, 0.1) is 0 Å². The molecule has 8 heteroatoms. The summed E-state index contributed by atoms with van der Waals surface area (Å²) in [5, 5.41) is 10.4. The second-order valence-corrected chi connectivity index (χ2v) is 6.87. The summed E-state index contributed by atoms with van der Waals surface area (Å²) in [5.74, 6) is 2.25. The lowest BCUT2D eigenvalue weighted by Crippen LogP contribution is -2.41. The molecule has 2 heterocycles. The Bertz CT molecular complexity index is 916. The number of thioether (sulfide) groups is 1. The average molecular weight is 382 g/mol. The first-order valence-corrected chi connectivity index (χ1v) is 9.52. The van der Waals surface area contributed by atoms with Crippen LogP contribution in [-0.2, 0) is 4.79 Å². The molecular formula is C19H18N4O3S. The third kappa shape index (κ3) is 4.40. The Balaban J connectivity index is 1.23. The number of carbonyl (C=O) groups is 1.